The highest BCUT2D eigenvalue weighted by atomic mass is 32.1. The highest BCUT2D eigenvalue weighted by Gasteiger charge is 2.23. The van der Waals surface area contributed by atoms with Crippen LogP contribution in [-0.4, -0.2) is 40.2 Å². The van der Waals surface area contributed by atoms with E-state index in [1.807, 2.05) is 37.1 Å². The molecule has 0 unspecified atom stereocenters. The molecule has 1 aliphatic carbocycles. The number of anilines is 2. The molecule has 128 valence electrons. The summed E-state index contributed by atoms with van der Waals surface area (Å²) in [5.74, 6) is 0.0554. The van der Waals surface area contributed by atoms with Crippen molar-refractivity contribution in [1.82, 2.24) is 20.0 Å². The molecule has 3 rings (SSSR count). The van der Waals surface area contributed by atoms with Crippen LogP contribution in [0.5, 0.6) is 0 Å². The molecule has 24 heavy (non-hydrogen) atoms. The SMILES string of the molecule is Cc1cccc(Nc2nn(CN(C)CC(=O)NC3CC3)c(=S)s2)c1. The lowest BCUT2D eigenvalue weighted by Gasteiger charge is -2.15. The van der Waals surface area contributed by atoms with Gasteiger partial charge in [-0.05, 0) is 56.7 Å². The number of likely N-dealkylation sites (N-methyl/N-ethyl adjacent to an activating group) is 1. The number of benzene rings is 1. The number of nitrogens with one attached hydrogen (secondary N) is 2. The summed E-state index contributed by atoms with van der Waals surface area (Å²) in [5, 5.41) is 11.5. The number of hydrogen-bond donors (Lipinski definition) is 2. The van der Waals surface area contributed by atoms with E-state index in [0.29, 0.717) is 23.2 Å². The molecule has 0 atom stereocenters. The van der Waals surface area contributed by atoms with Crippen LogP contribution in [0.2, 0.25) is 0 Å². The van der Waals surface area contributed by atoms with Crippen molar-refractivity contribution < 1.29 is 4.79 Å². The smallest absolute Gasteiger partial charge is 0.234 e. The zero-order valence-electron chi connectivity index (χ0n) is 13.8. The fraction of sp³-hybridized carbons (Fsp3) is 0.438. The van der Waals surface area contributed by atoms with Crippen molar-refractivity contribution in [3.63, 3.8) is 0 Å². The number of nitrogens with zero attached hydrogens (tertiary/aromatic N) is 3. The molecule has 6 nitrogen and oxygen atoms in total. The quantitative estimate of drug-likeness (QED) is 0.741. The van der Waals surface area contributed by atoms with Gasteiger partial charge in [-0.1, -0.05) is 23.5 Å². The van der Waals surface area contributed by atoms with E-state index in [1.54, 1.807) is 4.68 Å². The van der Waals surface area contributed by atoms with Gasteiger partial charge in [0.2, 0.25) is 11.0 Å². The Labute approximate surface area is 150 Å². The first kappa shape index (κ1) is 17.1. The first-order valence-electron chi connectivity index (χ1n) is 7.89. The van der Waals surface area contributed by atoms with Crippen LogP contribution in [0.1, 0.15) is 18.4 Å². The Morgan fingerprint density at radius 3 is 3.00 bits per heavy atom. The Hall–Kier alpha value is -1.77. The normalized spacial score (nSPS) is 14.0. The highest BCUT2D eigenvalue weighted by Crippen LogP contribution is 2.21. The summed E-state index contributed by atoms with van der Waals surface area (Å²) in [6.45, 7) is 2.88. The van der Waals surface area contributed by atoms with E-state index in [2.05, 4.69) is 21.8 Å². The van der Waals surface area contributed by atoms with Crippen molar-refractivity contribution in [3.8, 4) is 0 Å². The van der Waals surface area contributed by atoms with Gasteiger partial charge in [0.15, 0.2) is 3.95 Å². The molecule has 0 radical (unpaired) electrons. The van der Waals surface area contributed by atoms with Crippen LogP contribution in [0.4, 0.5) is 10.8 Å². The first-order valence-corrected chi connectivity index (χ1v) is 9.11. The minimum atomic E-state index is 0.0554. The largest absolute Gasteiger partial charge is 0.352 e. The van der Waals surface area contributed by atoms with Crippen molar-refractivity contribution in [2.45, 2.75) is 32.5 Å². The molecule has 2 aromatic rings. The fourth-order valence-corrected chi connectivity index (χ4v) is 3.33. The van der Waals surface area contributed by atoms with Gasteiger partial charge in [-0.15, -0.1) is 5.10 Å². The molecule has 1 heterocycles. The molecule has 1 aliphatic rings. The van der Waals surface area contributed by atoms with E-state index in [9.17, 15) is 4.79 Å². The summed E-state index contributed by atoms with van der Waals surface area (Å²) >= 11 is 6.80. The number of aromatic nitrogens is 2. The molecule has 1 aromatic carbocycles. The number of hydrogen-bond acceptors (Lipinski definition) is 6. The van der Waals surface area contributed by atoms with Crippen molar-refractivity contribution in [3.05, 3.63) is 33.8 Å². The predicted octanol–water partition coefficient (Wildman–Crippen LogP) is 2.89. The average Bonchev–Trinajstić information content (AvgIpc) is 3.23. The molecule has 1 fully saturated rings. The minimum Gasteiger partial charge on any atom is -0.352 e. The Morgan fingerprint density at radius 1 is 1.50 bits per heavy atom. The molecule has 0 spiro atoms. The van der Waals surface area contributed by atoms with Gasteiger partial charge in [0, 0.05) is 11.7 Å². The summed E-state index contributed by atoms with van der Waals surface area (Å²) in [5.41, 5.74) is 2.17. The summed E-state index contributed by atoms with van der Waals surface area (Å²) in [6, 6.07) is 8.49. The van der Waals surface area contributed by atoms with Crippen LogP contribution in [0.3, 0.4) is 0 Å². The zero-order valence-corrected chi connectivity index (χ0v) is 15.4. The molecule has 0 saturated heterocycles. The molecule has 1 aromatic heterocycles. The third-order valence-electron chi connectivity index (χ3n) is 3.61. The van der Waals surface area contributed by atoms with Gasteiger partial charge in [0.05, 0.1) is 13.2 Å². The Kier molecular flexibility index (Phi) is 5.27. The maximum Gasteiger partial charge on any atom is 0.234 e. The van der Waals surface area contributed by atoms with Gasteiger partial charge in [-0.3, -0.25) is 9.69 Å². The maximum atomic E-state index is 11.8. The number of rotatable bonds is 7. The van der Waals surface area contributed by atoms with E-state index in [4.69, 9.17) is 12.2 Å². The second-order valence-corrected chi connectivity index (χ2v) is 7.79. The molecular weight excluding hydrogens is 342 g/mol. The maximum absolute atomic E-state index is 11.8. The summed E-state index contributed by atoms with van der Waals surface area (Å²) in [6.07, 6.45) is 2.20. The van der Waals surface area contributed by atoms with Gasteiger partial charge in [-0.2, -0.15) is 0 Å². The second kappa shape index (κ2) is 7.42. The molecular formula is C16H21N5OS2. The van der Waals surface area contributed by atoms with Gasteiger partial charge < -0.3 is 10.6 Å². The van der Waals surface area contributed by atoms with Crippen molar-refractivity contribution in [2.75, 3.05) is 18.9 Å². The topological polar surface area (TPSA) is 62.2 Å². The predicted molar refractivity (Wildman–Crippen MR) is 99.2 cm³/mol. The van der Waals surface area contributed by atoms with E-state index in [1.165, 1.54) is 16.9 Å². The van der Waals surface area contributed by atoms with Crippen molar-refractivity contribution in [2.24, 2.45) is 0 Å². The van der Waals surface area contributed by atoms with E-state index in [-0.39, 0.29) is 5.91 Å². The number of carbonyl (C=O) groups is 1. The lowest BCUT2D eigenvalue weighted by atomic mass is 10.2. The standard InChI is InChI=1S/C16H21N5OS2/c1-11-4-3-5-13(8-11)18-15-19-21(16(23)24-15)10-20(2)9-14(22)17-12-6-7-12/h3-5,8,12H,6-7,9-10H2,1-2H3,(H,17,22)(H,18,19). The van der Waals surface area contributed by atoms with E-state index in [0.717, 1.165) is 23.7 Å². The molecule has 8 heteroatoms. The monoisotopic (exact) mass is 363 g/mol. The molecule has 0 aliphatic heterocycles. The van der Waals surface area contributed by atoms with Crippen LogP contribution in [0.25, 0.3) is 0 Å². The Bertz CT molecular complexity index is 781. The van der Waals surface area contributed by atoms with Gasteiger partial charge in [0.25, 0.3) is 0 Å². The molecule has 1 amide bonds. The highest BCUT2D eigenvalue weighted by molar-refractivity contribution is 7.73. The minimum absolute atomic E-state index is 0.0554. The van der Waals surface area contributed by atoms with E-state index >= 15 is 0 Å². The lowest BCUT2D eigenvalue weighted by Crippen LogP contribution is -2.37. The van der Waals surface area contributed by atoms with Crippen LogP contribution < -0.4 is 10.6 Å². The van der Waals surface area contributed by atoms with Crippen LogP contribution in [0.15, 0.2) is 24.3 Å². The fourth-order valence-electron chi connectivity index (χ4n) is 2.32. The van der Waals surface area contributed by atoms with Gasteiger partial charge >= 0.3 is 0 Å². The van der Waals surface area contributed by atoms with Crippen LogP contribution in [-0.2, 0) is 11.5 Å². The average molecular weight is 364 g/mol. The third-order valence-corrected chi connectivity index (χ3v) is 4.83. The van der Waals surface area contributed by atoms with Crippen molar-refractivity contribution in [1.29, 1.82) is 0 Å². The van der Waals surface area contributed by atoms with E-state index < -0.39 is 0 Å². The van der Waals surface area contributed by atoms with Crippen LogP contribution in [0, 0.1) is 10.9 Å². The molecule has 0 bridgehead atoms. The van der Waals surface area contributed by atoms with Gasteiger partial charge in [-0.25, -0.2) is 4.68 Å². The molecule has 1 saturated carbocycles. The lowest BCUT2D eigenvalue weighted by molar-refractivity contribution is -0.122. The van der Waals surface area contributed by atoms with Gasteiger partial charge in [0.1, 0.15) is 0 Å². The number of amides is 1. The summed E-state index contributed by atoms with van der Waals surface area (Å²) < 4.78 is 2.42. The van der Waals surface area contributed by atoms with Crippen LogP contribution >= 0.6 is 23.6 Å². The first-order chi connectivity index (χ1) is 11.5. The Balaban J connectivity index is 1.58. The molecule has 2 N–H and O–H groups in total. The summed E-state index contributed by atoms with van der Waals surface area (Å²) in [4.78, 5) is 13.7. The Morgan fingerprint density at radius 2 is 2.29 bits per heavy atom. The third kappa shape index (κ3) is 4.86. The second-order valence-electron chi connectivity index (χ2n) is 6.16. The number of aryl methyl sites for hydroxylation is 1. The number of carbonyl (C=O) groups excluding carboxylic acids is 1. The zero-order chi connectivity index (χ0) is 17.1. The summed E-state index contributed by atoms with van der Waals surface area (Å²) in [7, 11) is 1.89. The van der Waals surface area contributed by atoms with Crippen molar-refractivity contribution >= 4 is 40.3 Å².